The summed E-state index contributed by atoms with van der Waals surface area (Å²) in [7, 11) is 0. The van der Waals surface area contributed by atoms with Gasteiger partial charge >= 0.3 is 0 Å². The number of nitrogens with one attached hydrogen (secondary N) is 1. The molecule has 1 atom stereocenters. The fourth-order valence-electron chi connectivity index (χ4n) is 1.30. The van der Waals surface area contributed by atoms with Crippen molar-refractivity contribution in [2.75, 3.05) is 6.54 Å². The predicted octanol–water partition coefficient (Wildman–Crippen LogP) is 0.810. The maximum Gasteiger partial charge on any atom is 0.261 e. The first-order chi connectivity index (χ1) is 8.17. The fourth-order valence-corrected chi connectivity index (χ4v) is 1.30. The number of amides is 1. The summed E-state index contributed by atoms with van der Waals surface area (Å²) in [5.74, 6) is 2.69. The summed E-state index contributed by atoms with van der Waals surface area (Å²) < 4.78 is 7.22. The van der Waals surface area contributed by atoms with Crippen molar-refractivity contribution in [1.29, 1.82) is 0 Å². The zero-order valence-electron chi connectivity index (χ0n) is 10.1. The zero-order chi connectivity index (χ0) is 12.7. The smallest absolute Gasteiger partial charge is 0.261 e. The Hall–Kier alpha value is -1.96. The minimum Gasteiger partial charge on any atom is -0.478 e. The molecule has 0 aliphatic carbocycles. The van der Waals surface area contributed by atoms with E-state index in [0.29, 0.717) is 5.75 Å². The van der Waals surface area contributed by atoms with Gasteiger partial charge in [0.1, 0.15) is 0 Å². The van der Waals surface area contributed by atoms with Crippen LogP contribution in [-0.4, -0.2) is 28.3 Å². The third-order valence-corrected chi connectivity index (χ3v) is 2.11. The molecule has 0 aliphatic heterocycles. The maximum absolute atomic E-state index is 11.5. The van der Waals surface area contributed by atoms with Crippen LogP contribution >= 0.6 is 0 Å². The van der Waals surface area contributed by atoms with Crippen LogP contribution < -0.4 is 10.1 Å². The van der Waals surface area contributed by atoms with Gasteiger partial charge in [0.25, 0.3) is 5.91 Å². The molecule has 1 aromatic rings. The zero-order valence-corrected chi connectivity index (χ0v) is 10.1. The normalized spacial score (nSPS) is 11.6. The fraction of sp³-hybridized carbons (Fsp3) is 0.500. The Bertz CT molecular complexity index is 406. The number of rotatable bonds is 6. The summed E-state index contributed by atoms with van der Waals surface area (Å²) in [5, 5.41) is 6.67. The lowest BCUT2D eigenvalue weighted by atomic mass is 10.3. The van der Waals surface area contributed by atoms with Crippen molar-refractivity contribution in [2.45, 2.75) is 32.9 Å². The van der Waals surface area contributed by atoms with Crippen molar-refractivity contribution in [3.05, 3.63) is 12.4 Å². The number of hydrogen-bond acceptors (Lipinski definition) is 3. The molecule has 0 saturated carbocycles. The highest BCUT2D eigenvalue weighted by molar-refractivity contribution is 5.80. The van der Waals surface area contributed by atoms with Crippen molar-refractivity contribution in [2.24, 2.45) is 0 Å². The second-order valence-corrected chi connectivity index (χ2v) is 3.62. The lowest BCUT2D eigenvalue weighted by Crippen LogP contribution is -2.36. The standard InChI is InChI=1S/C12H17N3O2/c1-4-6-13-12(16)10(3)17-11-8-14-15(9-11)7-5-2/h1,8-10H,5-7H2,2-3H3,(H,13,16). The van der Waals surface area contributed by atoms with E-state index in [1.165, 1.54) is 0 Å². The lowest BCUT2D eigenvalue weighted by Gasteiger charge is -2.11. The number of aromatic nitrogens is 2. The van der Waals surface area contributed by atoms with Gasteiger partial charge < -0.3 is 10.1 Å². The molecule has 1 heterocycles. The molecule has 5 heteroatoms. The average molecular weight is 235 g/mol. The van der Waals surface area contributed by atoms with Crippen LogP contribution in [0.4, 0.5) is 0 Å². The van der Waals surface area contributed by atoms with Gasteiger partial charge in [0, 0.05) is 6.54 Å². The van der Waals surface area contributed by atoms with E-state index in [9.17, 15) is 4.79 Å². The molecular formula is C12H17N3O2. The van der Waals surface area contributed by atoms with Crippen LogP contribution in [-0.2, 0) is 11.3 Å². The highest BCUT2D eigenvalue weighted by Crippen LogP contribution is 2.10. The van der Waals surface area contributed by atoms with E-state index >= 15 is 0 Å². The summed E-state index contributed by atoms with van der Waals surface area (Å²) >= 11 is 0. The van der Waals surface area contributed by atoms with Crippen LogP contribution in [0.5, 0.6) is 5.75 Å². The SMILES string of the molecule is C#CCNC(=O)C(C)Oc1cnn(CCC)c1. The summed E-state index contributed by atoms with van der Waals surface area (Å²) in [6.07, 6.45) is 8.84. The van der Waals surface area contributed by atoms with E-state index in [4.69, 9.17) is 11.2 Å². The molecular weight excluding hydrogens is 218 g/mol. The number of aryl methyl sites for hydroxylation is 1. The van der Waals surface area contributed by atoms with Crippen molar-refractivity contribution in [3.8, 4) is 18.1 Å². The molecule has 0 aromatic carbocycles. The van der Waals surface area contributed by atoms with Gasteiger partial charge in [-0.2, -0.15) is 5.10 Å². The van der Waals surface area contributed by atoms with Crippen molar-refractivity contribution in [3.63, 3.8) is 0 Å². The van der Waals surface area contributed by atoms with E-state index in [0.717, 1.165) is 13.0 Å². The van der Waals surface area contributed by atoms with E-state index in [1.54, 1.807) is 24.0 Å². The van der Waals surface area contributed by atoms with Gasteiger partial charge in [-0.15, -0.1) is 6.42 Å². The molecule has 1 rings (SSSR count). The van der Waals surface area contributed by atoms with Gasteiger partial charge in [0.15, 0.2) is 11.9 Å². The molecule has 92 valence electrons. The summed E-state index contributed by atoms with van der Waals surface area (Å²) in [6, 6.07) is 0. The van der Waals surface area contributed by atoms with Gasteiger partial charge in [-0.25, -0.2) is 0 Å². The number of carbonyl (C=O) groups is 1. The average Bonchev–Trinajstić information content (AvgIpc) is 2.74. The van der Waals surface area contributed by atoms with Gasteiger partial charge in [-0.05, 0) is 13.3 Å². The van der Waals surface area contributed by atoms with Crippen LogP contribution in [0.1, 0.15) is 20.3 Å². The van der Waals surface area contributed by atoms with E-state index in [1.807, 2.05) is 0 Å². The second-order valence-electron chi connectivity index (χ2n) is 3.62. The Labute approximate surface area is 101 Å². The molecule has 0 aliphatic rings. The summed E-state index contributed by atoms with van der Waals surface area (Å²) in [6.45, 7) is 4.78. The first kappa shape index (κ1) is 13.1. The Balaban J connectivity index is 2.46. The van der Waals surface area contributed by atoms with E-state index in [2.05, 4.69) is 23.3 Å². The third kappa shape index (κ3) is 4.19. The Morgan fingerprint density at radius 2 is 2.53 bits per heavy atom. The van der Waals surface area contributed by atoms with Gasteiger partial charge in [-0.1, -0.05) is 12.8 Å². The number of nitrogens with zero attached hydrogens (tertiary/aromatic N) is 2. The molecule has 1 amide bonds. The highest BCUT2D eigenvalue weighted by Gasteiger charge is 2.14. The Morgan fingerprint density at radius 1 is 1.76 bits per heavy atom. The quantitative estimate of drug-likeness (QED) is 0.742. The molecule has 0 bridgehead atoms. The molecule has 0 saturated heterocycles. The number of ether oxygens (including phenoxy) is 1. The predicted molar refractivity (Wildman–Crippen MR) is 64.5 cm³/mol. The Morgan fingerprint density at radius 3 is 3.18 bits per heavy atom. The summed E-state index contributed by atoms with van der Waals surface area (Å²) in [5.41, 5.74) is 0. The summed E-state index contributed by atoms with van der Waals surface area (Å²) in [4.78, 5) is 11.5. The van der Waals surface area contributed by atoms with Gasteiger partial charge in [-0.3, -0.25) is 9.48 Å². The minimum absolute atomic E-state index is 0.210. The third-order valence-electron chi connectivity index (χ3n) is 2.11. The monoisotopic (exact) mass is 235 g/mol. The molecule has 0 fully saturated rings. The molecule has 1 N–H and O–H groups in total. The first-order valence-corrected chi connectivity index (χ1v) is 5.57. The molecule has 17 heavy (non-hydrogen) atoms. The van der Waals surface area contributed by atoms with Gasteiger partial charge in [0.2, 0.25) is 0 Å². The molecule has 1 unspecified atom stereocenters. The Kier molecular flexibility index (Phi) is 5.08. The van der Waals surface area contributed by atoms with Crippen LogP contribution in [0.25, 0.3) is 0 Å². The largest absolute Gasteiger partial charge is 0.478 e. The second kappa shape index (κ2) is 6.59. The van der Waals surface area contributed by atoms with Gasteiger partial charge in [0.05, 0.1) is 18.9 Å². The van der Waals surface area contributed by atoms with E-state index < -0.39 is 6.10 Å². The minimum atomic E-state index is -0.581. The van der Waals surface area contributed by atoms with E-state index in [-0.39, 0.29) is 12.5 Å². The highest BCUT2D eigenvalue weighted by atomic mass is 16.5. The lowest BCUT2D eigenvalue weighted by molar-refractivity contribution is -0.126. The molecule has 1 aromatic heterocycles. The van der Waals surface area contributed by atoms with Crippen LogP contribution in [0, 0.1) is 12.3 Å². The molecule has 0 spiro atoms. The molecule has 5 nitrogen and oxygen atoms in total. The first-order valence-electron chi connectivity index (χ1n) is 5.57. The molecule has 0 radical (unpaired) electrons. The number of carbonyl (C=O) groups excluding carboxylic acids is 1. The number of hydrogen-bond donors (Lipinski definition) is 1. The van der Waals surface area contributed by atoms with Crippen LogP contribution in [0.2, 0.25) is 0 Å². The van der Waals surface area contributed by atoms with Crippen LogP contribution in [0.3, 0.4) is 0 Å². The van der Waals surface area contributed by atoms with Crippen molar-refractivity contribution >= 4 is 5.91 Å². The van der Waals surface area contributed by atoms with Crippen molar-refractivity contribution < 1.29 is 9.53 Å². The van der Waals surface area contributed by atoms with Crippen LogP contribution in [0.15, 0.2) is 12.4 Å². The number of terminal acetylenes is 1. The maximum atomic E-state index is 11.5. The topological polar surface area (TPSA) is 56.1 Å². The van der Waals surface area contributed by atoms with Crippen molar-refractivity contribution in [1.82, 2.24) is 15.1 Å².